The average Bonchev–Trinajstić information content (AvgIpc) is 3.14. The first-order valence-electron chi connectivity index (χ1n) is 9.60. The van der Waals surface area contributed by atoms with Gasteiger partial charge in [-0.05, 0) is 37.1 Å². The van der Waals surface area contributed by atoms with Crippen molar-refractivity contribution in [3.63, 3.8) is 0 Å². The monoisotopic (exact) mass is 373 g/mol. The largest absolute Gasteiger partial charge is 0.348 e. The van der Waals surface area contributed by atoms with Crippen molar-refractivity contribution in [2.75, 3.05) is 6.54 Å². The Morgan fingerprint density at radius 3 is 3.00 bits per heavy atom. The first kappa shape index (κ1) is 15.6. The van der Waals surface area contributed by atoms with Crippen LogP contribution in [-0.2, 0) is 6.42 Å². The molecule has 8 heteroatoms. The summed E-state index contributed by atoms with van der Waals surface area (Å²) in [5, 5.41) is 9.13. The Labute approximate surface area is 160 Å². The number of aromatic nitrogens is 6. The molecular formula is C20H19N7O. The zero-order valence-electron chi connectivity index (χ0n) is 15.2. The molecule has 1 amide bonds. The lowest BCUT2D eigenvalue weighted by atomic mass is 9.99. The molecule has 28 heavy (non-hydrogen) atoms. The Hall–Kier alpha value is -3.42. The van der Waals surface area contributed by atoms with E-state index in [-0.39, 0.29) is 11.9 Å². The van der Waals surface area contributed by atoms with Crippen LogP contribution < -0.4 is 0 Å². The number of hydrogen-bond acceptors (Lipinski definition) is 4. The van der Waals surface area contributed by atoms with Gasteiger partial charge in [0.2, 0.25) is 0 Å². The molecule has 4 aromatic rings. The first-order chi connectivity index (χ1) is 13.8. The molecule has 8 nitrogen and oxygen atoms in total. The molecule has 6 rings (SSSR count). The van der Waals surface area contributed by atoms with Crippen molar-refractivity contribution in [3.8, 4) is 0 Å². The number of hydrogen-bond donors (Lipinski definition) is 1. The summed E-state index contributed by atoms with van der Waals surface area (Å²) < 4.78 is 3.72. The normalized spacial score (nSPS) is 19.1. The van der Waals surface area contributed by atoms with E-state index in [1.165, 1.54) is 0 Å². The van der Waals surface area contributed by atoms with E-state index >= 15 is 0 Å². The molecule has 1 aliphatic heterocycles. The second-order valence-corrected chi connectivity index (χ2v) is 7.45. The number of aromatic amines is 1. The maximum absolute atomic E-state index is 13.5. The van der Waals surface area contributed by atoms with Crippen LogP contribution in [0.5, 0.6) is 0 Å². The molecule has 1 unspecified atom stereocenters. The molecule has 1 atom stereocenters. The topological polar surface area (TPSA) is 84.1 Å². The molecule has 1 N–H and O–H groups in total. The quantitative estimate of drug-likeness (QED) is 0.598. The molecule has 0 bridgehead atoms. The van der Waals surface area contributed by atoms with Crippen molar-refractivity contribution in [1.82, 2.24) is 34.3 Å². The fourth-order valence-corrected chi connectivity index (χ4v) is 4.13. The van der Waals surface area contributed by atoms with Gasteiger partial charge in [-0.1, -0.05) is 6.07 Å². The minimum absolute atomic E-state index is 0.0138. The van der Waals surface area contributed by atoms with E-state index in [9.17, 15) is 4.79 Å². The zero-order valence-corrected chi connectivity index (χ0v) is 15.2. The Morgan fingerprint density at radius 2 is 2.14 bits per heavy atom. The van der Waals surface area contributed by atoms with Crippen LogP contribution in [0.1, 0.15) is 52.5 Å². The SMILES string of the molecule is O=C(c1ccnn1C1CC1)N1CCc2[nH]cnc2C1c1cc2ccccn2n1. The van der Waals surface area contributed by atoms with E-state index in [2.05, 4.69) is 15.1 Å². The fourth-order valence-electron chi connectivity index (χ4n) is 4.13. The van der Waals surface area contributed by atoms with Crippen LogP contribution in [0.25, 0.3) is 5.52 Å². The van der Waals surface area contributed by atoms with Gasteiger partial charge in [-0.3, -0.25) is 9.48 Å². The summed E-state index contributed by atoms with van der Waals surface area (Å²) in [5.41, 5.74) is 4.42. The molecule has 0 aromatic carbocycles. The molecule has 1 aliphatic carbocycles. The van der Waals surface area contributed by atoms with Crippen molar-refractivity contribution >= 4 is 11.4 Å². The highest BCUT2D eigenvalue weighted by Crippen LogP contribution is 2.37. The zero-order chi connectivity index (χ0) is 18.7. The molecule has 4 aromatic heterocycles. The molecule has 0 saturated heterocycles. The summed E-state index contributed by atoms with van der Waals surface area (Å²) in [6.07, 6.45) is 8.26. The highest BCUT2D eigenvalue weighted by Gasteiger charge is 2.38. The molecule has 2 aliphatic rings. The third-order valence-corrected chi connectivity index (χ3v) is 5.64. The van der Waals surface area contributed by atoms with E-state index in [4.69, 9.17) is 5.10 Å². The summed E-state index contributed by atoms with van der Waals surface area (Å²) in [7, 11) is 0. The van der Waals surface area contributed by atoms with Crippen molar-refractivity contribution in [2.24, 2.45) is 0 Å². The van der Waals surface area contributed by atoms with Gasteiger partial charge in [0.25, 0.3) is 5.91 Å². The lowest BCUT2D eigenvalue weighted by molar-refractivity contribution is 0.0673. The van der Waals surface area contributed by atoms with Gasteiger partial charge in [0.1, 0.15) is 11.7 Å². The van der Waals surface area contributed by atoms with Gasteiger partial charge in [0.05, 0.1) is 29.3 Å². The van der Waals surface area contributed by atoms with Crippen LogP contribution >= 0.6 is 0 Å². The summed E-state index contributed by atoms with van der Waals surface area (Å²) in [4.78, 5) is 23.2. The van der Waals surface area contributed by atoms with Crippen molar-refractivity contribution < 1.29 is 4.79 Å². The third kappa shape index (κ3) is 2.30. The predicted molar refractivity (Wildman–Crippen MR) is 101 cm³/mol. The van der Waals surface area contributed by atoms with Crippen LogP contribution in [-0.4, -0.2) is 46.7 Å². The van der Waals surface area contributed by atoms with Crippen LogP contribution in [0.15, 0.2) is 49.1 Å². The number of rotatable bonds is 3. The molecular weight excluding hydrogens is 354 g/mol. The molecule has 0 radical (unpaired) electrons. The van der Waals surface area contributed by atoms with Gasteiger partial charge in [-0.2, -0.15) is 10.2 Å². The van der Waals surface area contributed by atoms with E-state index in [1.54, 1.807) is 12.5 Å². The van der Waals surface area contributed by atoms with Gasteiger partial charge in [0, 0.05) is 31.1 Å². The fraction of sp³-hybridized carbons (Fsp3) is 0.300. The van der Waals surface area contributed by atoms with Crippen LogP contribution in [0.2, 0.25) is 0 Å². The molecule has 1 saturated carbocycles. The van der Waals surface area contributed by atoms with E-state index in [0.29, 0.717) is 18.3 Å². The lowest BCUT2D eigenvalue weighted by Gasteiger charge is -2.34. The van der Waals surface area contributed by atoms with Gasteiger partial charge < -0.3 is 9.88 Å². The Balaban J connectivity index is 1.46. The van der Waals surface area contributed by atoms with Gasteiger partial charge in [-0.25, -0.2) is 9.50 Å². The molecule has 1 fully saturated rings. The number of fused-ring (bicyclic) bond motifs is 2. The second-order valence-electron chi connectivity index (χ2n) is 7.45. The van der Waals surface area contributed by atoms with Crippen LogP contribution in [0, 0.1) is 0 Å². The van der Waals surface area contributed by atoms with Gasteiger partial charge >= 0.3 is 0 Å². The van der Waals surface area contributed by atoms with Crippen LogP contribution in [0.3, 0.4) is 0 Å². The number of nitrogens with zero attached hydrogens (tertiary/aromatic N) is 6. The third-order valence-electron chi connectivity index (χ3n) is 5.64. The Bertz CT molecular complexity index is 1150. The second kappa shape index (κ2) is 5.79. The van der Waals surface area contributed by atoms with Crippen molar-refractivity contribution in [2.45, 2.75) is 31.3 Å². The van der Waals surface area contributed by atoms with Crippen molar-refractivity contribution in [3.05, 3.63) is 71.8 Å². The number of H-pyrrole nitrogens is 1. The summed E-state index contributed by atoms with van der Waals surface area (Å²) in [5.74, 6) is -0.0138. The van der Waals surface area contributed by atoms with Gasteiger partial charge in [0.15, 0.2) is 0 Å². The van der Waals surface area contributed by atoms with E-state index in [0.717, 1.165) is 41.9 Å². The molecule has 140 valence electrons. The lowest BCUT2D eigenvalue weighted by Crippen LogP contribution is -2.41. The highest BCUT2D eigenvalue weighted by molar-refractivity contribution is 5.93. The van der Waals surface area contributed by atoms with Crippen molar-refractivity contribution in [1.29, 1.82) is 0 Å². The number of pyridine rings is 1. The highest BCUT2D eigenvalue weighted by atomic mass is 16.2. The average molecular weight is 373 g/mol. The van der Waals surface area contributed by atoms with E-state index < -0.39 is 0 Å². The van der Waals surface area contributed by atoms with Crippen LogP contribution in [0.4, 0.5) is 0 Å². The predicted octanol–water partition coefficient (Wildman–Crippen LogP) is 2.38. The summed E-state index contributed by atoms with van der Waals surface area (Å²) >= 11 is 0. The standard InChI is InChI=1S/C20H19N7O/c28-20(17-6-8-23-27(17)13-4-5-13)25-10-7-15-18(22-12-21-15)19(25)16-11-14-3-1-2-9-26(14)24-16/h1-3,6,8-9,11-13,19H,4-5,7,10H2,(H,21,22). The first-order valence-corrected chi connectivity index (χ1v) is 9.60. The number of imidazole rings is 1. The number of carbonyl (C=O) groups is 1. The number of carbonyl (C=O) groups excluding carboxylic acids is 1. The Kier molecular flexibility index (Phi) is 3.23. The number of nitrogens with one attached hydrogen (secondary N) is 1. The summed E-state index contributed by atoms with van der Waals surface area (Å²) in [6, 6.07) is 9.84. The minimum atomic E-state index is -0.315. The Morgan fingerprint density at radius 1 is 1.21 bits per heavy atom. The summed E-state index contributed by atoms with van der Waals surface area (Å²) in [6.45, 7) is 0.614. The molecule has 5 heterocycles. The van der Waals surface area contributed by atoms with E-state index in [1.807, 2.05) is 50.6 Å². The number of amides is 1. The van der Waals surface area contributed by atoms with Gasteiger partial charge in [-0.15, -0.1) is 0 Å². The maximum Gasteiger partial charge on any atom is 0.273 e. The molecule has 0 spiro atoms. The minimum Gasteiger partial charge on any atom is -0.348 e. The smallest absolute Gasteiger partial charge is 0.273 e. The maximum atomic E-state index is 13.5.